The first-order valence-electron chi connectivity index (χ1n) is 9.86. The highest BCUT2D eigenvalue weighted by atomic mass is 16.5. The van der Waals surface area contributed by atoms with Gasteiger partial charge in [-0.05, 0) is 60.4 Å². The zero-order valence-corrected chi connectivity index (χ0v) is 15.8. The molecule has 0 bridgehead atoms. The predicted octanol–water partition coefficient (Wildman–Crippen LogP) is 3.89. The van der Waals surface area contributed by atoms with Gasteiger partial charge in [-0.1, -0.05) is 0 Å². The van der Waals surface area contributed by atoms with Crippen LogP contribution < -0.4 is 4.74 Å². The number of ketones is 2. The van der Waals surface area contributed by atoms with E-state index in [9.17, 15) is 9.59 Å². The fraction of sp³-hybridized carbons (Fsp3) is 0.391. The summed E-state index contributed by atoms with van der Waals surface area (Å²) in [5.74, 6) is 1.60. The molecular weight excluding hydrogens is 356 g/mol. The van der Waals surface area contributed by atoms with Gasteiger partial charge in [0.15, 0.2) is 11.6 Å². The molecule has 28 heavy (non-hydrogen) atoms. The van der Waals surface area contributed by atoms with Crippen LogP contribution in [0.15, 0.2) is 36.4 Å². The van der Waals surface area contributed by atoms with Crippen molar-refractivity contribution in [2.24, 2.45) is 0 Å². The molecule has 5 nitrogen and oxygen atoms in total. The average molecular weight is 380 g/mol. The quantitative estimate of drug-likeness (QED) is 0.856. The maximum Gasteiger partial charge on any atom is 0.163 e. The summed E-state index contributed by atoms with van der Waals surface area (Å²) in [4.78, 5) is 22.6. The van der Waals surface area contributed by atoms with Gasteiger partial charge in [0.1, 0.15) is 17.6 Å². The Morgan fingerprint density at radius 1 is 0.821 bits per heavy atom. The van der Waals surface area contributed by atoms with Gasteiger partial charge >= 0.3 is 0 Å². The second kappa shape index (κ2) is 8.15. The lowest BCUT2D eigenvalue weighted by Crippen LogP contribution is -2.25. The SMILES string of the molecule is O=C1CCc2cc(O)ccc21.O=C1CCc2cc(OC3CCOCC3)ccc21. The normalized spacial score (nSPS) is 18.3. The fourth-order valence-corrected chi connectivity index (χ4v) is 3.93. The minimum atomic E-state index is 0.194. The van der Waals surface area contributed by atoms with Crippen LogP contribution in [-0.2, 0) is 17.6 Å². The number of hydrogen-bond donors (Lipinski definition) is 1. The van der Waals surface area contributed by atoms with Crippen molar-refractivity contribution in [1.29, 1.82) is 0 Å². The Hall–Kier alpha value is -2.66. The zero-order chi connectivity index (χ0) is 19.5. The minimum absolute atomic E-state index is 0.194. The molecule has 0 amide bonds. The molecular formula is C23H24O5. The second-order valence-electron chi connectivity index (χ2n) is 7.44. The molecule has 2 aromatic rings. The van der Waals surface area contributed by atoms with Crippen molar-refractivity contribution in [1.82, 2.24) is 0 Å². The van der Waals surface area contributed by atoms with Crippen molar-refractivity contribution < 1.29 is 24.2 Å². The number of rotatable bonds is 2. The lowest BCUT2D eigenvalue weighted by Gasteiger charge is -2.23. The number of carbonyl (C=O) groups is 2. The number of Topliss-reactive ketones (excluding diaryl/α,β-unsaturated/α-hetero) is 2. The summed E-state index contributed by atoms with van der Waals surface area (Å²) >= 11 is 0. The third-order valence-corrected chi connectivity index (χ3v) is 5.48. The average Bonchev–Trinajstić information content (AvgIpc) is 3.25. The molecule has 2 aliphatic carbocycles. The highest BCUT2D eigenvalue weighted by Crippen LogP contribution is 2.28. The topological polar surface area (TPSA) is 72.8 Å². The van der Waals surface area contributed by atoms with E-state index >= 15 is 0 Å². The number of phenolic OH excluding ortho intramolecular Hbond substituents is 1. The van der Waals surface area contributed by atoms with Crippen LogP contribution in [0.2, 0.25) is 0 Å². The van der Waals surface area contributed by atoms with Crippen LogP contribution in [0, 0.1) is 0 Å². The zero-order valence-electron chi connectivity index (χ0n) is 15.8. The fourth-order valence-electron chi connectivity index (χ4n) is 3.93. The highest BCUT2D eigenvalue weighted by molar-refractivity contribution is 6.01. The Labute approximate surface area is 164 Å². The Bertz CT molecular complexity index is 896. The van der Waals surface area contributed by atoms with E-state index in [1.165, 1.54) is 0 Å². The standard InChI is InChI=1S/C14H16O3.C9H8O2/c15-14-4-1-10-9-12(2-3-13(10)14)17-11-5-7-16-8-6-11;10-7-2-3-8-6(5-7)1-4-9(8)11/h2-3,9,11H,1,4-8H2;2-3,5,10H,1,4H2. The molecule has 0 atom stereocenters. The van der Waals surface area contributed by atoms with Gasteiger partial charge in [-0.3, -0.25) is 9.59 Å². The summed E-state index contributed by atoms with van der Waals surface area (Å²) in [5, 5.41) is 9.07. The molecule has 5 heteroatoms. The summed E-state index contributed by atoms with van der Waals surface area (Å²) in [7, 11) is 0. The molecule has 1 aliphatic heterocycles. The first kappa shape index (κ1) is 18.7. The Kier molecular flexibility index (Phi) is 5.44. The van der Waals surface area contributed by atoms with E-state index in [0.717, 1.165) is 66.9 Å². The van der Waals surface area contributed by atoms with Crippen LogP contribution in [0.1, 0.15) is 57.5 Å². The third-order valence-electron chi connectivity index (χ3n) is 5.48. The van der Waals surface area contributed by atoms with Gasteiger partial charge in [-0.2, -0.15) is 0 Å². The third kappa shape index (κ3) is 4.09. The van der Waals surface area contributed by atoms with Crippen molar-refractivity contribution in [2.75, 3.05) is 13.2 Å². The van der Waals surface area contributed by atoms with Crippen LogP contribution in [0.25, 0.3) is 0 Å². The molecule has 1 saturated heterocycles. The van der Waals surface area contributed by atoms with E-state index in [0.29, 0.717) is 12.8 Å². The number of aryl methyl sites for hydroxylation is 2. The molecule has 1 N–H and O–H groups in total. The highest BCUT2D eigenvalue weighted by Gasteiger charge is 2.21. The minimum Gasteiger partial charge on any atom is -0.508 e. The van der Waals surface area contributed by atoms with Crippen LogP contribution in [-0.4, -0.2) is 36.0 Å². The second-order valence-corrected chi connectivity index (χ2v) is 7.44. The predicted molar refractivity (Wildman–Crippen MR) is 104 cm³/mol. The molecule has 0 unspecified atom stereocenters. The lowest BCUT2D eigenvalue weighted by atomic mass is 10.1. The van der Waals surface area contributed by atoms with Gasteiger partial charge in [0.2, 0.25) is 0 Å². The van der Waals surface area contributed by atoms with Crippen molar-refractivity contribution in [2.45, 2.75) is 44.6 Å². The number of ether oxygens (including phenoxy) is 2. The van der Waals surface area contributed by atoms with E-state index in [-0.39, 0.29) is 23.4 Å². The molecule has 0 aromatic heterocycles. The molecule has 3 aliphatic rings. The van der Waals surface area contributed by atoms with E-state index in [2.05, 4.69) is 0 Å². The number of phenols is 1. The van der Waals surface area contributed by atoms with E-state index < -0.39 is 0 Å². The van der Waals surface area contributed by atoms with Gasteiger partial charge in [-0.15, -0.1) is 0 Å². The van der Waals surface area contributed by atoms with Crippen LogP contribution in [0.3, 0.4) is 0 Å². The first-order valence-corrected chi connectivity index (χ1v) is 9.86. The maximum atomic E-state index is 11.5. The Morgan fingerprint density at radius 3 is 2.11 bits per heavy atom. The summed E-state index contributed by atoms with van der Waals surface area (Å²) in [5.41, 5.74) is 3.78. The van der Waals surface area contributed by atoms with Crippen molar-refractivity contribution >= 4 is 11.6 Å². The molecule has 0 saturated carbocycles. The summed E-state index contributed by atoms with van der Waals surface area (Å²) in [6.07, 6.45) is 5.06. The van der Waals surface area contributed by atoms with Gasteiger partial charge in [0.05, 0.1) is 13.2 Å². The van der Waals surface area contributed by atoms with Crippen LogP contribution in [0.4, 0.5) is 0 Å². The number of hydrogen-bond acceptors (Lipinski definition) is 5. The Morgan fingerprint density at radius 2 is 1.43 bits per heavy atom. The van der Waals surface area contributed by atoms with E-state index in [4.69, 9.17) is 14.6 Å². The first-order chi connectivity index (χ1) is 13.6. The van der Waals surface area contributed by atoms with Gasteiger partial charge in [-0.25, -0.2) is 0 Å². The molecule has 1 fully saturated rings. The van der Waals surface area contributed by atoms with E-state index in [1.54, 1.807) is 18.2 Å². The number of aromatic hydroxyl groups is 1. The largest absolute Gasteiger partial charge is 0.508 e. The number of carbonyl (C=O) groups excluding carboxylic acids is 2. The number of fused-ring (bicyclic) bond motifs is 2. The summed E-state index contributed by atoms with van der Waals surface area (Å²) in [6.45, 7) is 1.57. The van der Waals surface area contributed by atoms with Crippen molar-refractivity contribution in [3.8, 4) is 11.5 Å². The summed E-state index contributed by atoms with van der Waals surface area (Å²) in [6, 6.07) is 10.8. The van der Waals surface area contributed by atoms with Gasteiger partial charge in [0, 0.05) is 36.8 Å². The molecule has 2 aromatic carbocycles. The summed E-state index contributed by atoms with van der Waals surface area (Å²) < 4.78 is 11.2. The molecule has 0 radical (unpaired) electrons. The molecule has 1 heterocycles. The monoisotopic (exact) mass is 380 g/mol. The molecule has 0 spiro atoms. The van der Waals surface area contributed by atoms with Gasteiger partial charge < -0.3 is 14.6 Å². The van der Waals surface area contributed by atoms with E-state index in [1.807, 2.05) is 18.2 Å². The number of benzene rings is 2. The van der Waals surface area contributed by atoms with Crippen LogP contribution >= 0.6 is 0 Å². The van der Waals surface area contributed by atoms with Crippen LogP contribution in [0.5, 0.6) is 11.5 Å². The van der Waals surface area contributed by atoms with Crippen molar-refractivity contribution in [3.63, 3.8) is 0 Å². The lowest BCUT2D eigenvalue weighted by molar-refractivity contribution is 0.0255. The molecule has 5 rings (SSSR count). The Balaban J connectivity index is 0.000000151. The molecule has 146 valence electrons. The smallest absolute Gasteiger partial charge is 0.163 e. The maximum absolute atomic E-state index is 11.5. The van der Waals surface area contributed by atoms with Gasteiger partial charge in [0.25, 0.3) is 0 Å². The van der Waals surface area contributed by atoms with Crippen molar-refractivity contribution in [3.05, 3.63) is 58.7 Å².